The molecule has 0 fully saturated rings. The Morgan fingerprint density at radius 1 is 1.28 bits per heavy atom. The lowest BCUT2D eigenvalue weighted by Crippen LogP contribution is -1.88. The van der Waals surface area contributed by atoms with Gasteiger partial charge in [0.1, 0.15) is 0 Å². The molecule has 3 N–H and O–H groups in total. The molecular formula is C13H12BrN3S. The number of benzene rings is 1. The molecule has 92 valence electrons. The van der Waals surface area contributed by atoms with Crippen molar-refractivity contribution in [2.75, 3.05) is 5.73 Å². The molecule has 0 spiro atoms. The first-order valence-corrected chi connectivity index (χ1v) is 7.23. The van der Waals surface area contributed by atoms with Gasteiger partial charge in [-0.1, -0.05) is 15.9 Å². The Morgan fingerprint density at radius 3 is 2.72 bits per heavy atom. The third-order valence-electron chi connectivity index (χ3n) is 2.98. The van der Waals surface area contributed by atoms with Gasteiger partial charge in [-0.2, -0.15) is 0 Å². The average Bonchev–Trinajstić information content (AvgIpc) is 2.84. The number of fused-ring (bicyclic) bond motifs is 1. The zero-order valence-electron chi connectivity index (χ0n) is 10.0. The SMILES string of the molecule is Cc1csc(-c2nc3c(C)cc(Br)cc3[nH]2)c1N. The molecule has 3 aromatic rings. The molecule has 0 bridgehead atoms. The van der Waals surface area contributed by atoms with Gasteiger partial charge in [-0.15, -0.1) is 11.3 Å². The van der Waals surface area contributed by atoms with Crippen LogP contribution in [0.1, 0.15) is 11.1 Å². The Balaban J connectivity index is 2.25. The summed E-state index contributed by atoms with van der Waals surface area (Å²) in [5, 5.41) is 2.06. The molecule has 0 saturated carbocycles. The second kappa shape index (κ2) is 4.10. The van der Waals surface area contributed by atoms with E-state index in [9.17, 15) is 0 Å². The van der Waals surface area contributed by atoms with E-state index in [0.29, 0.717) is 0 Å². The van der Waals surface area contributed by atoms with E-state index in [1.54, 1.807) is 11.3 Å². The van der Waals surface area contributed by atoms with Gasteiger partial charge in [0.25, 0.3) is 0 Å². The van der Waals surface area contributed by atoms with Crippen molar-refractivity contribution in [3.05, 3.63) is 33.1 Å². The summed E-state index contributed by atoms with van der Waals surface area (Å²) in [5.41, 5.74) is 11.2. The Morgan fingerprint density at radius 2 is 2.06 bits per heavy atom. The minimum absolute atomic E-state index is 0.816. The first kappa shape index (κ1) is 11.7. The van der Waals surface area contributed by atoms with E-state index in [1.165, 1.54) is 0 Å². The molecular weight excluding hydrogens is 310 g/mol. The Labute approximate surface area is 117 Å². The van der Waals surface area contributed by atoms with Gasteiger partial charge in [-0.25, -0.2) is 4.98 Å². The summed E-state index contributed by atoms with van der Waals surface area (Å²) in [7, 11) is 0. The Kier molecular flexibility index (Phi) is 2.68. The van der Waals surface area contributed by atoms with Gasteiger partial charge in [0.05, 0.1) is 21.6 Å². The van der Waals surface area contributed by atoms with Gasteiger partial charge < -0.3 is 10.7 Å². The van der Waals surface area contributed by atoms with E-state index in [2.05, 4.69) is 44.3 Å². The number of aromatic nitrogens is 2. The third kappa shape index (κ3) is 1.74. The lowest BCUT2D eigenvalue weighted by molar-refractivity contribution is 1.35. The van der Waals surface area contributed by atoms with Gasteiger partial charge in [0, 0.05) is 4.47 Å². The molecule has 0 amide bonds. The van der Waals surface area contributed by atoms with Gasteiger partial charge in [0.2, 0.25) is 0 Å². The molecule has 2 heterocycles. The van der Waals surface area contributed by atoms with Crippen molar-refractivity contribution in [2.45, 2.75) is 13.8 Å². The summed E-state index contributed by atoms with van der Waals surface area (Å²) in [5.74, 6) is 0.849. The molecule has 0 aliphatic rings. The number of hydrogen-bond acceptors (Lipinski definition) is 3. The number of aromatic amines is 1. The number of nitrogens with one attached hydrogen (secondary N) is 1. The van der Waals surface area contributed by atoms with Gasteiger partial charge in [-0.3, -0.25) is 0 Å². The number of nitrogens with two attached hydrogens (primary N) is 1. The molecule has 18 heavy (non-hydrogen) atoms. The smallest absolute Gasteiger partial charge is 0.150 e. The molecule has 3 nitrogen and oxygen atoms in total. The molecule has 1 aromatic carbocycles. The molecule has 0 unspecified atom stereocenters. The number of H-pyrrole nitrogens is 1. The van der Waals surface area contributed by atoms with Gasteiger partial charge >= 0.3 is 0 Å². The van der Waals surface area contributed by atoms with Crippen molar-refractivity contribution in [1.29, 1.82) is 0 Å². The van der Waals surface area contributed by atoms with Crippen LogP contribution < -0.4 is 5.73 Å². The topological polar surface area (TPSA) is 54.7 Å². The highest BCUT2D eigenvalue weighted by Gasteiger charge is 2.13. The molecule has 3 rings (SSSR count). The van der Waals surface area contributed by atoms with E-state index in [-0.39, 0.29) is 0 Å². The van der Waals surface area contributed by atoms with Gasteiger partial charge in [0.15, 0.2) is 5.82 Å². The summed E-state index contributed by atoms with van der Waals surface area (Å²) in [6.45, 7) is 4.07. The summed E-state index contributed by atoms with van der Waals surface area (Å²) >= 11 is 5.12. The number of imidazole rings is 1. The van der Waals surface area contributed by atoms with E-state index in [4.69, 9.17) is 5.73 Å². The molecule has 0 aliphatic heterocycles. The van der Waals surface area contributed by atoms with Crippen molar-refractivity contribution >= 4 is 44.0 Å². The summed E-state index contributed by atoms with van der Waals surface area (Å²) in [6, 6.07) is 4.10. The van der Waals surface area contributed by atoms with Crippen LogP contribution in [0.3, 0.4) is 0 Å². The zero-order valence-corrected chi connectivity index (χ0v) is 12.4. The van der Waals surface area contributed by atoms with Crippen molar-refractivity contribution in [2.24, 2.45) is 0 Å². The van der Waals surface area contributed by atoms with Crippen LogP contribution in [0, 0.1) is 13.8 Å². The zero-order chi connectivity index (χ0) is 12.9. The Bertz CT molecular complexity index is 742. The van der Waals surface area contributed by atoms with Crippen LogP contribution in [0.15, 0.2) is 22.0 Å². The number of nitrogen functional groups attached to an aromatic ring is 1. The monoisotopic (exact) mass is 321 g/mol. The Hall–Kier alpha value is -1.33. The minimum atomic E-state index is 0.816. The van der Waals surface area contributed by atoms with E-state index in [0.717, 1.165) is 43.0 Å². The van der Waals surface area contributed by atoms with Crippen molar-refractivity contribution in [3.8, 4) is 10.7 Å². The summed E-state index contributed by atoms with van der Waals surface area (Å²) in [6.07, 6.45) is 0. The predicted molar refractivity (Wildman–Crippen MR) is 81.0 cm³/mol. The van der Waals surface area contributed by atoms with Crippen LogP contribution in [0.2, 0.25) is 0 Å². The number of anilines is 1. The fourth-order valence-corrected chi connectivity index (χ4v) is 3.48. The van der Waals surface area contributed by atoms with Crippen LogP contribution in [0.25, 0.3) is 21.7 Å². The third-order valence-corrected chi connectivity index (χ3v) is 4.56. The van der Waals surface area contributed by atoms with Crippen molar-refractivity contribution in [1.82, 2.24) is 9.97 Å². The molecule has 0 aliphatic carbocycles. The average molecular weight is 322 g/mol. The van der Waals surface area contributed by atoms with E-state index >= 15 is 0 Å². The lowest BCUT2D eigenvalue weighted by atomic mass is 10.2. The maximum absolute atomic E-state index is 6.07. The maximum atomic E-state index is 6.07. The van der Waals surface area contributed by atoms with E-state index in [1.807, 2.05) is 13.0 Å². The normalized spacial score (nSPS) is 11.3. The number of thiophene rings is 1. The fraction of sp³-hybridized carbons (Fsp3) is 0.154. The minimum Gasteiger partial charge on any atom is -0.397 e. The van der Waals surface area contributed by atoms with E-state index < -0.39 is 0 Å². The van der Waals surface area contributed by atoms with Crippen molar-refractivity contribution < 1.29 is 0 Å². The summed E-state index contributed by atoms with van der Waals surface area (Å²) in [4.78, 5) is 9.00. The first-order chi connectivity index (χ1) is 8.56. The largest absolute Gasteiger partial charge is 0.397 e. The predicted octanol–water partition coefficient (Wildman–Crippen LogP) is 4.25. The highest BCUT2D eigenvalue weighted by atomic mass is 79.9. The van der Waals surface area contributed by atoms with Crippen LogP contribution in [-0.2, 0) is 0 Å². The number of aryl methyl sites for hydroxylation is 2. The summed E-state index contributed by atoms with van der Waals surface area (Å²) < 4.78 is 1.05. The number of nitrogens with zero attached hydrogens (tertiary/aromatic N) is 1. The molecule has 0 saturated heterocycles. The quantitative estimate of drug-likeness (QED) is 0.703. The molecule has 0 atom stereocenters. The van der Waals surface area contributed by atoms with Crippen LogP contribution >= 0.6 is 27.3 Å². The fourth-order valence-electron chi connectivity index (χ4n) is 1.99. The van der Waals surface area contributed by atoms with Crippen LogP contribution in [0.5, 0.6) is 0 Å². The lowest BCUT2D eigenvalue weighted by Gasteiger charge is -1.94. The molecule has 2 aromatic heterocycles. The number of rotatable bonds is 1. The van der Waals surface area contributed by atoms with Gasteiger partial charge in [-0.05, 0) is 42.5 Å². The van der Waals surface area contributed by atoms with Crippen LogP contribution in [-0.4, -0.2) is 9.97 Å². The number of halogens is 1. The number of hydrogen-bond donors (Lipinski definition) is 2. The molecule has 0 radical (unpaired) electrons. The van der Waals surface area contributed by atoms with Crippen LogP contribution in [0.4, 0.5) is 5.69 Å². The highest BCUT2D eigenvalue weighted by Crippen LogP contribution is 2.34. The molecule has 5 heteroatoms. The second-order valence-corrected chi connectivity index (χ2v) is 6.16. The second-order valence-electron chi connectivity index (χ2n) is 4.37. The first-order valence-electron chi connectivity index (χ1n) is 5.56. The highest BCUT2D eigenvalue weighted by molar-refractivity contribution is 9.10. The maximum Gasteiger partial charge on any atom is 0.150 e. The standard InChI is InChI=1S/C13H12BrN3S/c1-6-3-8(14)4-9-11(6)17-13(16-9)12-10(15)7(2)5-18-12/h3-5H,15H2,1-2H3,(H,16,17). The van der Waals surface area contributed by atoms with Crippen molar-refractivity contribution in [3.63, 3.8) is 0 Å².